The van der Waals surface area contributed by atoms with Gasteiger partial charge in [0.1, 0.15) is 6.54 Å². The molecule has 0 aromatic heterocycles. The molecule has 2 aromatic rings. The Kier molecular flexibility index (Phi) is 6.76. The number of aryl methyl sites for hydroxylation is 1. The van der Waals surface area contributed by atoms with E-state index in [2.05, 4.69) is 22.8 Å². The Morgan fingerprint density at radius 2 is 1.81 bits per heavy atom. The van der Waals surface area contributed by atoms with Crippen LogP contribution >= 0.6 is 35.4 Å². The van der Waals surface area contributed by atoms with Crippen molar-refractivity contribution in [2.75, 3.05) is 18.4 Å². The van der Waals surface area contributed by atoms with Crippen LogP contribution in [0.5, 0.6) is 0 Å². The van der Waals surface area contributed by atoms with Gasteiger partial charge in [0.2, 0.25) is 0 Å². The zero-order valence-electron chi connectivity index (χ0n) is 14.8. The maximum absolute atomic E-state index is 6.17. The maximum Gasteiger partial charge on any atom is 0.171 e. The number of hydrogen-bond donors (Lipinski definition) is 3. The predicted octanol–water partition coefficient (Wildman–Crippen LogP) is 3.84. The van der Waals surface area contributed by atoms with Crippen molar-refractivity contribution in [3.63, 3.8) is 0 Å². The quantitative estimate of drug-likeness (QED) is 0.671. The van der Waals surface area contributed by atoms with Crippen molar-refractivity contribution in [2.24, 2.45) is 0 Å². The van der Waals surface area contributed by atoms with E-state index in [0.29, 0.717) is 11.2 Å². The van der Waals surface area contributed by atoms with E-state index in [0.717, 1.165) is 53.8 Å². The number of nitrogens with one attached hydrogen (secondary N) is 3. The lowest BCUT2D eigenvalue weighted by Crippen LogP contribution is -3.12. The molecule has 26 heavy (non-hydrogen) atoms. The number of thiocarbonyl (C=S) groups is 1. The molecule has 0 radical (unpaired) electrons. The van der Waals surface area contributed by atoms with Gasteiger partial charge < -0.3 is 15.5 Å². The van der Waals surface area contributed by atoms with E-state index in [1.807, 2.05) is 37.3 Å². The summed E-state index contributed by atoms with van der Waals surface area (Å²) in [4.78, 5) is 1.61. The molecule has 6 heteroatoms. The first kappa shape index (κ1) is 19.4. The van der Waals surface area contributed by atoms with Gasteiger partial charge in [-0.15, -0.1) is 0 Å². The van der Waals surface area contributed by atoms with Gasteiger partial charge in [-0.2, -0.15) is 0 Å². The number of rotatable bonds is 4. The molecule has 1 fully saturated rings. The average molecular weight is 409 g/mol. The SMILES string of the molecule is Cc1ccc(NC(=S)NC2CC[NH+](Cc3ccc(Cl)cc3)CC2)cc1Cl. The van der Waals surface area contributed by atoms with Crippen LogP contribution in [-0.2, 0) is 6.54 Å². The predicted molar refractivity (Wildman–Crippen MR) is 114 cm³/mol. The fourth-order valence-corrected chi connectivity index (χ4v) is 3.85. The Labute approximate surface area is 170 Å². The van der Waals surface area contributed by atoms with E-state index >= 15 is 0 Å². The fourth-order valence-electron chi connectivity index (χ4n) is 3.26. The summed E-state index contributed by atoms with van der Waals surface area (Å²) < 4.78 is 0. The van der Waals surface area contributed by atoms with E-state index in [-0.39, 0.29) is 0 Å². The Morgan fingerprint density at radius 1 is 1.12 bits per heavy atom. The van der Waals surface area contributed by atoms with Crippen LogP contribution in [0, 0.1) is 6.92 Å². The van der Waals surface area contributed by atoms with E-state index < -0.39 is 0 Å². The molecular formula is C20H24Cl2N3S+. The van der Waals surface area contributed by atoms with Crippen LogP contribution in [0.1, 0.15) is 24.0 Å². The van der Waals surface area contributed by atoms with Gasteiger partial charge in [0.25, 0.3) is 0 Å². The van der Waals surface area contributed by atoms with Crippen molar-refractivity contribution >= 4 is 46.2 Å². The minimum Gasteiger partial charge on any atom is -0.359 e. The first-order valence-electron chi connectivity index (χ1n) is 8.91. The molecule has 1 aliphatic rings. The van der Waals surface area contributed by atoms with E-state index in [1.54, 1.807) is 4.90 Å². The molecule has 3 rings (SSSR count). The smallest absolute Gasteiger partial charge is 0.171 e. The minimum absolute atomic E-state index is 0.421. The number of hydrogen-bond acceptors (Lipinski definition) is 1. The van der Waals surface area contributed by atoms with Gasteiger partial charge in [0.15, 0.2) is 5.11 Å². The summed E-state index contributed by atoms with van der Waals surface area (Å²) in [5, 5.41) is 8.87. The van der Waals surface area contributed by atoms with Crippen LogP contribution in [0.25, 0.3) is 0 Å². The molecule has 138 valence electrons. The summed E-state index contributed by atoms with van der Waals surface area (Å²) in [6.07, 6.45) is 2.22. The first-order chi connectivity index (χ1) is 12.5. The molecule has 0 saturated carbocycles. The molecule has 1 aliphatic heterocycles. The summed E-state index contributed by atoms with van der Waals surface area (Å²) in [7, 11) is 0. The normalized spacial score (nSPS) is 19.8. The summed E-state index contributed by atoms with van der Waals surface area (Å²) in [5.74, 6) is 0. The highest BCUT2D eigenvalue weighted by molar-refractivity contribution is 7.80. The number of halogens is 2. The third-order valence-corrected chi connectivity index (χ3v) is 5.70. The van der Waals surface area contributed by atoms with Gasteiger partial charge >= 0.3 is 0 Å². The molecule has 3 nitrogen and oxygen atoms in total. The summed E-state index contributed by atoms with van der Waals surface area (Å²) in [6.45, 7) is 5.32. The third-order valence-electron chi connectivity index (χ3n) is 4.83. The van der Waals surface area contributed by atoms with E-state index in [4.69, 9.17) is 35.4 Å². The minimum atomic E-state index is 0.421. The lowest BCUT2D eigenvalue weighted by atomic mass is 10.0. The largest absolute Gasteiger partial charge is 0.359 e. The van der Waals surface area contributed by atoms with Crippen LogP contribution in [-0.4, -0.2) is 24.2 Å². The van der Waals surface area contributed by atoms with Gasteiger partial charge in [-0.05, 0) is 49.0 Å². The van der Waals surface area contributed by atoms with Crippen molar-refractivity contribution in [1.29, 1.82) is 0 Å². The standard InChI is InChI=1S/C20H23Cl2N3S/c1-14-2-7-18(12-19(14)22)24-20(26)23-17-8-10-25(11-9-17)13-15-3-5-16(21)6-4-15/h2-7,12,17H,8-11,13H2,1H3,(H2,23,24,26)/p+1. The second kappa shape index (κ2) is 9.05. The number of piperidine rings is 1. The van der Waals surface area contributed by atoms with Crippen molar-refractivity contribution in [1.82, 2.24) is 5.32 Å². The molecule has 0 aliphatic carbocycles. The second-order valence-electron chi connectivity index (χ2n) is 6.89. The highest BCUT2D eigenvalue weighted by Crippen LogP contribution is 2.20. The molecule has 0 amide bonds. The molecule has 3 N–H and O–H groups in total. The highest BCUT2D eigenvalue weighted by atomic mass is 35.5. The van der Waals surface area contributed by atoms with Crippen molar-refractivity contribution in [3.8, 4) is 0 Å². The van der Waals surface area contributed by atoms with Crippen molar-refractivity contribution < 1.29 is 4.90 Å². The topological polar surface area (TPSA) is 28.5 Å². The monoisotopic (exact) mass is 408 g/mol. The molecule has 0 spiro atoms. The third kappa shape index (κ3) is 5.58. The Balaban J connectivity index is 1.43. The molecule has 2 aromatic carbocycles. The molecule has 0 bridgehead atoms. The Bertz CT molecular complexity index is 756. The number of benzene rings is 2. The van der Waals surface area contributed by atoms with E-state index in [9.17, 15) is 0 Å². The van der Waals surface area contributed by atoms with Gasteiger partial charge in [0, 0.05) is 40.2 Å². The molecule has 1 saturated heterocycles. The highest BCUT2D eigenvalue weighted by Gasteiger charge is 2.22. The second-order valence-corrected chi connectivity index (χ2v) is 8.14. The number of anilines is 1. The van der Waals surface area contributed by atoms with Gasteiger partial charge in [0.05, 0.1) is 13.1 Å². The van der Waals surface area contributed by atoms with Crippen molar-refractivity contribution in [3.05, 3.63) is 63.6 Å². The maximum atomic E-state index is 6.17. The van der Waals surface area contributed by atoms with Crippen LogP contribution in [0.4, 0.5) is 5.69 Å². The zero-order chi connectivity index (χ0) is 18.5. The summed E-state index contributed by atoms with van der Waals surface area (Å²) in [6, 6.07) is 14.5. The van der Waals surface area contributed by atoms with Crippen molar-refractivity contribution in [2.45, 2.75) is 32.4 Å². The number of likely N-dealkylation sites (tertiary alicyclic amines) is 1. The van der Waals surface area contributed by atoms with Crippen LogP contribution < -0.4 is 15.5 Å². The lowest BCUT2D eigenvalue weighted by Gasteiger charge is -2.30. The fraction of sp³-hybridized carbons (Fsp3) is 0.350. The molecule has 0 atom stereocenters. The number of quaternary nitrogens is 1. The Morgan fingerprint density at radius 3 is 2.46 bits per heavy atom. The summed E-state index contributed by atoms with van der Waals surface area (Å²) >= 11 is 17.6. The average Bonchev–Trinajstić information content (AvgIpc) is 2.62. The molecule has 0 unspecified atom stereocenters. The van der Waals surface area contributed by atoms with Gasteiger partial charge in [-0.25, -0.2) is 0 Å². The zero-order valence-corrected chi connectivity index (χ0v) is 17.1. The molecular weight excluding hydrogens is 385 g/mol. The van der Waals surface area contributed by atoms with Gasteiger partial charge in [-0.3, -0.25) is 0 Å². The first-order valence-corrected chi connectivity index (χ1v) is 10.1. The summed E-state index contributed by atoms with van der Waals surface area (Å²) in [5.41, 5.74) is 3.32. The van der Waals surface area contributed by atoms with Gasteiger partial charge in [-0.1, -0.05) is 41.4 Å². The van der Waals surface area contributed by atoms with E-state index in [1.165, 1.54) is 5.56 Å². The lowest BCUT2D eigenvalue weighted by molar-refractivity contribution is -0.918. The van der Waals surface area contributed by atoms with Crippen LogP contribution in [0.2, 0.25) is 10.0 Å². The van der Waals surface area contributed by atoms with Crippen LogP contribution in [0.15, 0.2) is 42.5 Å². The molecule has 1 heterocycles. The Hall–Kier alpha value is -1.33. The van der Waals surface area contributed by atoms with Crippen LogP contribution in [0.3, 0.4) is 0 Å².